The molecule has 3 heterocycles. The van der Waals surface area contributed by atoms with Gasteiger partial charge in [0.25, 0.3) is 5.91 Å². The zero-order valence-electron chi connectivity index (χ0n) is 18.1. The van der Waals surface area contributed by atoms with Crippen molar-refractivity contribution in [1.82, 2.24) is 10.2 Å². The minimum Gasteiger partial charge on any atom is -0.465 e. The van der Waals surface area contributed by atoms with Crippen molar-refractivity contribution in [2.45, 2.75) is 32.4 Å². The molecule has 0 bridgehead atoms. The van der Waals surface area contributed by atoms with Crippen LogP contribution in [0, 0.1) is 6.92 Å². The number of amides is 1. The lowest BCUT2D eigenvalue weighted by Gasteiger charge is -2.33. The number of ether oxygens (including phenoxy) is 1. The number of furan rings is 1. The van der Waals surface area contributed by atoms with E-state index in [1.165, 1.54) is 10.6 Å². The Balaban J connectivity index is 1.49. The highest BCUT2D eigenvalue weighted by Gasteiger charge is 2.33. The summed E-state index contributed by atoms with van der Waals surface area (Å²) in [6, 6.07) is 8.87. The van der Waals surface area contributed by atoms with Crippen molar-refractivity contribution >= 4 is 21.6 Å². The molecule has 9 heteroatoms. The summed E-state index contributed by atoms with van der Waals surface area (Å²) in [6.45, 7) is 7.06. The molecule has 2 unspecified atom stereocenters. The van der Waals surface area contributed by atoms with E-state index in [2.05, 4.69) is 10.2 Å². The highest BCUT2D eigenvalue weighted by atomic mass is 32.2. The van der Waals surface area contributed by atoms with Crippen LogP contribution in [0.2, 0.25) is 0 Å². The topological polar surface area (TPSA) is 92.1 Å². The van der Waals surface area contributed by atoms with Gasteiger partial charge in [-0.25, -0.2) is 8.42 Å². The lowest BCUT2D eigenvalue weighted by atomic mass is 10.1. The van der Waals surface area contributed by atoms with Gasteiger partial charge >= 0.3 is 0 Å². The molecule has 2 atom stereocenters. The van der Waals surface area contributed by atoms with Crippen LogP contribution in [0.1, 0.15) is 40.4 Å². The third-order valence-electron chi connectivity index (χ3n) is 5.88. The van der Waals surface area contributed by atoms with E-state index in [1.54, 1.807) is 18.2 Å². The van der Waals surface area contributed by atoms with Crippen LogP contribution in [0.5, 0.6) is 0 Å². The van der Waals surface area contributed by atoms with Gasteiger partial charge in [0.05, 0.1) is 31.2 Å². The average molecular weight is 448 g/mol. The molecule has 1 N–H and O–H groups in total. The van der Waals surface area contributed by atoms with E-state index >= 15 is 0 Å². The number of fused-ring (bicyclic) bond motifs is 1. The number of morpholine rings is 1. The molecule has 1 aromatic heterocycles. The number of carbonyl (C=O) groups excluding carboxylic acids is 1. The van der Waals surface area contributed by atoms with Gasteiger partial charge in [-0.1, -0.05) is 0 Å². The van der Waals surface area contributed by atoms with Crippen LogP contribution >= 0.6 is 0 Å². The Bertz CT molecular complexity index is 1060. The van der Waals surface area contributed by atoms with Crippen LogP contribution in [-0.4, -0.2) is 64.4 Å². The second-order valence-electron chi connectivity index (χ2n) is 8.28. The van der Waals surface area contributed by atoms with Crippen molar-refractivity contribution in [3.63, 3.8) is 0 Å². The van der Waals surface area contributed by atoms with E-state index in [4.69, 9.17) is 9.15 Å². The standard InChI is InChI=1S/C22H29N3O5S/c1-15-12-18-13-17(5-6-19(18)25(15)31(3,27)28)22(26)23-14-20(21-7-4-16(2)30-21)24-8-10-29-11-9-24/h4-7,13,15,20H,8-12,14H2,1-3H3,(H,23,26). The molecule has 8 nitrogen and oxygen atoms in total. The zero-order valence-corrected chi connectivity index (χ0v) is 18.9. The van der Waals surface area contributed by atoms with Crippen LogP contribution in [0.15, 0.2) is 34.7 Å². The van der Waals surface area contributed by atoms with Crippen LogP contribution in [0.4, 0.5) is 5.69 Å². The van der Waals surface area contributed by atoms with E-state index in [0.29, 0.717) is 37.4 Å². The maximum Gasteiger partial charge on any atom is 0.251 e. The molecule has 2 aliphatic heterocycles. The Morgan fingerprint density at radius 1 is 1.23 bits per heavy atom. The van der Waals surface area contributed by atoms with Crippen molar-refractivity contribution in [2.24, 2.45) is 0 Å². The number of sulfonamides is 1. The Morgan fingerprint density at radius 2 is 1.97 bits per heavy atom. The first-order chi connectivity index (χ1) is 14.7. The summed E-state index contributed by atoms with van der Waals surface area (Å²) in [6.07, 6.45) is 1.80. The fourth-order valence-electron chi connectivity index (χ4n) is 4.47. The van der Waals surface area contributed by atoms with Crippen LogP contribution in [0.3, 0.4) is 0 Å². The molecular weight excluding hydrogens is 418 g/mol. The Hall–Kier alpha value is -2.36. The molecule has 0 aliphatic carbocycles. The second-order valence-corrected chi connectivity index (χ2v) is 10.1. The molecule has 2 aromatic rings. The van der Waals surface area contributed by atoms with Crippen molar-refractivity contribution < 1.29 is 22.4 Å². The van der Waals surface area contributed by atoms with Crippen LogP contribution in [0.25, 0.3) is 0 Å². The maximum absolute atomic E-state index is 12.9. The summed E-state index contributed by atoms with van der Waals surface area (Å²) in [4.78, 5) is 15.2. The van der Waals surface area contributed by atoms with Crippen molar-refractivity contribution in [3.8, 4) is 0 Å². The average Bonchev–Trinajstić information content (AvgIpc) is 3.30. The smallest absolute Gasteiger partial charge is 0.251 e. The number of benzene rings is 1. The molecule has 2 aliphatic rings. The molecule has 1 aromatic carbocycles. The number of carbonyl (C=O) groups is 1. The van der Waals surface area contributed by atoms with Gasteiger partial charge in [0.15, 0.2) is 0 Å². The minimum atomic E-state index is -3.35. The van der Waals surface area contributed by atoms with Gasteiger partial charge in [0.1, 0.15) is 11.5 Å². The summed E-state index contributed by atoms with van der Waals surface area (Å²) < 4.78 is 37.0. The normalized spacial score (nSPS) is 20.5. The van der Waals surface area contributed by atoms with Gasteiger partial charge in [-0.3, -0.25) is 14.0 Å². The minimum absolute atomic E-state index is 0.0725. The number of rotatable bonds is 6. The third-order valence-corrected chi connectivity index (χ3v) is 7.16. The monoisotopic (exact) mass is 447 g/mol. The molecule has 1 fully saturated rings. The van der Waals surface area contributed by atoms with Gasteiger partial charge in [0.2, 0.25) is 10.0 Å². The number of hydrogen-bond donors (Lipinski definition) is 1. The highest BCUT2D eigenvalue weighted by molar-refractivity contribution is 7.92. The van der Waals surface area contributed by atoms with Crippen LogP contribution < -0.4 is 9.62 Å². The first-order valence-electron chi connectivity index (χ1n) is 10.5. The fourth-order valence-corrected chi connectivity index (χ4v) is 5.74. The summed E-state index contributed by atoms with van der Waals surface area (Å²) >= 11 is 0. The molecule has 0 radical (unpaired) electrons. The Kier molecular flexibility index (Phi) is 6.09. The van der Waals surface area contributed by atoms with Crippen molar-refractivity contribution in [1.29, 1.82) is 0 Å². The SMILES string of the molecule is Cc1ccc(C(CNC(=O)c2ccc3c(c2)CC(C)N3S(C)(=O)=O)N2CCOCC2)o1. The zero-order chi connectivity index (χ0) is 22.2. The van der Waals surface area contributed by atoms with Crippen molar-refractivity contribution in [3.05, 3.63) is 53.0 Å². The quantitative estimate of drug-likeness (QED) is 0.729. The predicted octanol–water partition coefficient (Wildman–Crippen LogP) is 2.10. The van der Waals surface area contributed by atoms with E-state index in [9.17, 15) is 13.2 Å². The number of aryl methyl sites for hydroxylation is 1. The number of nitrogens with one attached hydrogen (secondary N) is 1. The predicted molar refractivity (Wildman–Crippen MR) is 118 cm³/mol. The molecule has 0 spiro atoms. The molecule has 0 saturated carbocycles. The first-order valence-corrected chi connectivity index (χ1v) is 12.4. The first kappa shape index (κ1) is 21.9. The molecule has 31 heavy (non-hydrogen) atoms. The van der Waals surface area contributed by atoms with Gasteiger partial charge in [-0.2, -0.15) is 0 Å². The Labute approximate surface area is 183 Å². The summed E-state index contributed by atoms with van der Waals surface area (Å²) in [5.41, 5.74) is 2.05. The Morgan fingerprint density at radius 3 is 2.61 bits per heavy atom. The molecule has 1 saturated heterocycles. The van der Waals surface area contributed by atoms with E-state index in [-0.39, 0.29) is 18.0 Å². The highest BCUT2D eigenvalue weighted by Crippen LogP contribution is 2.34. The van der Waals surface area contributed by atoms with E-state index in [0.717, 1.165) is 30.2 Å². The largest absolute Gasteiger partial charge is 0.465 e. The summed E-state index contributed by atoms with van der Waals surface area (Å²) in [5.74, 6) is 1.48. The lowest BCUT2D eigenvalue weighted by molar-refractivity contribution is 0.0117. The number of anilines is 1. The number of nitrogens with zero attached hydrogens (tertiary/aromatic N) is 2. The fraction of sp³-hybridized carbons (Fsp3) is 0.500. The summed E-state index contributed by atoms with van der Waals surface area (Å²) in [5, 5.41) is 3.03. The lowest BCUT2D eigenvalue weighted by Crippen LogP contribution is -2.43. The maximum atomic E-state index is 12.9. The van der Waals surface area contributed by atoms with Crippen LogP contribution in [-0.2, 0) is 21.2 Å². The van der Waals surface area contributed by atoms with Crippen molar-refractivity contribution in [2.75, 3.05) is 43.4 Å². The van der Waals surface area contributed by atoms with Gasteiger partial charge in [0, 0.05) is 31.2 Å². The molecule has 4 rings (SSSR count). The summed E-state index contributed by atoms with van der Waals surface area (Å²) in [7, 11) is -3.35. The third kappa shape index (κ3) is 4.63. The van der Waals surface area contributed by atoms with Gasteiger partial charge < -0.3 is 14.5 Å². The van der Waals surface area contributed by atoms with E-state index < -0.39 is 10.0 Å². The number of hydrogen-bond acceptors (Lipinski definition) is 6. The van der Waals surface area contributed by atoms with Gasteiger partial charge in [-0.15, -0.1) is 0 Å². The molecule has 168 valence electrons. The molecule has 1 amide bonds. The molecular formula is C22H29N3O5S. The second kappa shape index (κ2) is 8.64. The van der Waals surface area contributed by atoms with Gasteiger partial charge in [-0.05, 0) is 56.2 Å². The van der Waals surface area contributed by atoms with E-state index in [1.807, 2.05) is 26.0 Å².